The van der Waals surface area contributed by atoms with Gasteiger partial charge in [0.25, 0.3) is 0 Å². The highest BCUT2D eigenvalue weighted by Crippen LogP contribution is 2.26. The van der Waals surface area contributed by atoms with Gasteiger partial charge in [0.15, 0.2) is 0 Å². The van der Waals surface area contributed by atoms with E-state index in [4.69, 9.17) is 11.6 Å². The molecule has 0 heterocycles. The summed E-state index contributed by atoms with van der Waals surface area (Å²) in [5.74, 6) is -4.15. The lowest BCUT2D eigenvalue weighted by molar-refractivity contribution is 0.168. The molecule has 2 aromatic rings. The first-order valence-corrected chi connectivity index (χ1v) is 6.02. The first-order valence-electron chi connectivity index (χ1n) is 5.65. The van der Waals surface area contributed by atoms with E-state index in [0.29, 0.717) is 17.7 Å². The van der Waals surface area contributed by atoms with E-state index < -0.39 is 34.9 Å². The normalized spacial score (nSPS) is 12.5. The van der Waals surface area contributed by atoms with Crippen molar-refractivity contribution < 1.29 is 22.7 Å². The predicted molar refractivity (Wildman–Crippen MR) is 66.4 cm³/mol. The fourth-order valence-electron chi connectivity index (χ4n) is 1.86. The van der Waals surface area contributed by atoms with Gasteiger partial charge in [0, 0.05) is 18.6 Å². The maximum atomic E-state index is 13.5. The van der Waals surface area contributed by atoms with Crippen molar-refractivity contribution in [1.29, 1.82) is 0 Å². The molecule has 0 aliphatic rings. The van der Waals surface area contributed by atoms with Gasteiger partial charge in [-0.05, 0) is 17.7 Å². The van der Waals surface area contributed by atoms with Crippen LogP contribution in [0.15, 0.2) is 30.3 Å². The SMILES string of the molecule is OC(Cc1ccc(Cl)c(F)c1)c1c(F)cc(F)cc1F. The van der Waals surface area contributed by atoms with Crippen LogP contribution in [-0.2, 0) is 6.42 Å². The minimum atomic E-state index is -1.56. The number of aliphatic hydroxyl groups excluding tert-OH is 1. The molecule has 0 aliphatic carbocycles. The van der Waals surface area contributed by atoms with Crippen LogP contribution < -0.4 is 0 Å². The summed E-state index contributed by atoms with van der Waals surface area (Å²) in [4.78, 5) is 0. The third-order valence-corrected chi connectivity index (χ3v) is 3.10. The van der Waals surface area contributed by atoms with Crippen molar-refractivity contribution in [3.63, 3.8) is 0 Å². The smallest absolute Gasteiger partial charge is 0.142 e. The quantitative estimate of drug-likeness (QED) is 0.844. The molecule has 2 aromatic carbocycles. The summed E-state index contributed by atoms with van der Waals surface area (Å²) >= 11 is 5.50. The molecule has 0 amide bonds. The van der Waals surface area contributed by atoms with Gasteiger partial charge in [0.05, 0.1) is 16.7 Å². The van der Waals surface area contributed by atoms with E-state index in [1.807, 2.05) is 0 Å². The van der Waals surface area contributed by atoms with Crippen molar-refractivity contribution >= 4 is 11.6 Å². The van der Waals surface area contributed by atoms with E-state index in [1.165, 1.54) is 12.1 Å². The maximum absolute atomic E-state index is 13.5. The number of hydrogen-bond acceptors (Lipinski definition) is 1. The first kappa shape index (κ1) is 14.8. The van der Waals surface area contributed by atoms with E-state index in [-0.39, 0.29) is 11.4 Å². The van der Waals surface area contributed by atoms with Crippen LogP contribution >= 0.6 is 11.6 Å². The highest BCUT2D eigenvalue weighted by Gasteiger charge is 2.20. The second kappa shape index (κ2) is 5.81. The molecular weight excluding hydrogens is 296 g/mol. The maximum Gasteiger partial charge on any atom is 0.142 e. The monoisotopic (exact) mass is 304 g/mol. The molecule has 1 atom stereocenters. The summed E-state index contributed by atoms with van der Waals surface area (Å²) in [6.45, 7) is 0. The molecule has 0 saturated heterocycles. The average molecular weight is 305 g/mol. The Morgan fingerprint density at radius 1 is 0.950 bits per heavy atom. The first-order chi connectivity index (χ1) is 9.38. The van der Waals surface area contributed by atoms with Crippen molar-refractivity contribution in [2.75, 3.05) is 0 Å². The van der Waals surface area contributed by atoms with Gasteiger partial charge in [0.1, 0.15) is 23.3 Å². The fourth-order valence-corrected chi connectivity index (χ4v) is 1.98. The molecule has 20 heavy (non-hydrogen) atoms. The minimum absolute atomic E-state index is 0.0950. The van der Waals surface area contributed by atoms with Crippen LogP contribution in [0.4, 0.5) is 17.6 Å². The van der Waals surface area contributed by atoms with Crippen LogP contribution in [0.2, 0.25) is 5.02 Å². The van der Waals surface area contributed by atoms with E-state index >= 15 is 0 Å². The van der Waals surface area contributed by atoms with Crippen molar-refractivity contribution in [1.82, 2.24) is 0 Å². The number of aliphatic hydroxyl groups is 1. The molecule has 1 unspecified atom stereocenters. The molecule has 0 spiro atoms. The topological polar surface area (TPSA) is 20.2 Å². The molecule has 0 aromatic heterocycles. The Hall–Kier alpha value is -1.59. The fraction of sp³-hybridized carbons (Fsp3) is 0.143. The van der Waals surface area contributed by atoms with Crippen LogP contribution in [0.25, 0.3) is 0 Å². The van der Waals surface area contributed by atoms with Crippen LogP contribution in [-0.4, -0.2) is 5.11 Å². The van der Waals surface area contributed by atoms with E-state index in [2.05, 4.69) is 0 Å². The zero-order valence-electron chi connectivity index (χ0n) is 10.0. The Morgan fingerprint density at radius 2 is 1.55 bits per heavy atom. The molecule has 6 heteroatoms. The Bertz CT molecular complexity index is 622. The molecule has 1 nitrogen and oxygen atoms in total. The summed E-state index contributed by atoms with van der Waals surface area (Å²) in [5, 5.41) is 9.73. The van der Waals surface area contributed by atoms with Crippen LogP contribution in [0.5, 0.6) is 0 Å². The number of benzene rings is 2. The standard InChI is InChI=1S/C14H9ClF4O/c15-9-2-1-7(3-10(9)17)4-13(20)14-11(18)5-8(16)6-12(14)19/h1-3,5-6,13,20H,4H2. The van der Waals surface area contributed by atoms with Gasteiger partial charge in [-0.2, -0.15) is 0 Å². The molecule has 0 fully saturated rings. The second-order valence-electron chi connectivity index (χ2n) is 4.25. The van der Waals surface area contributed by atoms with Gasteiger partial charge >= 0.3 is 0 Å². The molecule has 0 radical (unpaired) electrons. The minimum Gasteiger partial charge on any atom is -0.388 e. The second-order valence-corrected chi connectivity index (χ2v) is 4.66. The van der Waals surface area contributed by atoms with Gasteiger partial charge in [-0.15, -0.1) is 0 Å². The summed E-state index contributed by atoms with van der Waals surface area (Å²) in [5.41, 5.74) is -0.343. The third-order valence-electron chi connectivity index (χ3n) is 2.79. The molecular formula is C14H9ClF4O. The summed E-state index contributed by atoms with van der Waals surface area (Å²) in [7, 11) is 0. The third kappa shape index (κ3) is 3.11. The van der Waals surface area contributed by atoms with Gasteiger partial charge < -0.3 is 5.11 Å². The Labute approximate surface area is 117 Å². The van der Waals surface area contributed by atoms with Crippen molar-refractivity contribution in [3.05, 3.63) is 69.8 Å². The Morgan fingerprint density at radius 3 is 2.10 bits per heavy atom. The van der Waals surface area contributed by atoms with Gasteiger partial charge in [-0.25, -0.2) is 17.6 Å². The van der Waals surface area contributed by atoms with Gasteiger partial charge in [-0.3, -0.25) is 0 Å². The Kier molecular flexibility index (Phi) is 4.30. The molecule has 0 aliphatic heterocycles. The van der Waals surface area contributed by atoms with Crippen molar-refractivity contribution in [3.8, 4) is 0 Å². The molecule has 0 saturated carbocycles. The highest BCUT2D eigenvalue weighted by atomic mass is 35.5. The number of hydrogen-bond donors (Lipinski definition) is 1. The average Bonchev–Trinajstić information content (AvgIpc) is 2.32. The predicted octanol–water partition coefficient (Wildman–Crippen LogP) is 4.17. The zero-order chi connectivity index (χ0) is 14.9. The van der Waals surface area contributed by atoms with E-state index in [1.54, 1.807) is 0 Å². The van der Waals surface area contributed by atoms with Crippen LogP contribution in [0.3, 0.4) is 0 Å². The zero-order valence-corrected chi connectivity index (χ0v) is 10.8. The molecule has 2 rings (SSSR count). The lowest BCUT2D eigenvalue weighted by Crippen LogP contribution is -2.08. The van der Waals surface area contributed by atoms with Crippen molar-refractivity contribution in [2.45, 2.75) is 12.5 Å². The summed E-state index contributed by atoms with van der Waals surface area (Å²) in [6.07, 6.45) is -1.79. The van der Waals surface area contributed by atoms with Crippen LogP contribution in [0, 0.1) is 23.3 Å². The summed E-state index contributed by atoms with van der Waals surface area (Å²) < 4.78 is 52.9. The number of rotatable bonds is 3. The van der Waals surface area contributed by atoms with E-state index in [9.17, 15) is 22.7 Å². The largest absolute Gasteiger partial charge is 0.388 e. The van der Waals surface area contributed by atoms with E-state index in [0.717, 1.165) is 6.07 Å². The highest BCUT2D eigenvalue weighted by molar-refractivity contribution is 6.30. The molecule has 106 valence electrons. The van der Waals surface area contributed by atoms with Gasteiger partial charge in [0.2, 0.25) is 0 Å². The van der Waals surface area contributed by atoms with Crippen molar-refractivity contribution in [2.24, 2.45) is 0 Å². The summed E-state index contributed by atoms with van der Waals surface area (Å²) in [6, 6.07) is 4.71. The lowest BCUT2D eigenvalue weighted by atomic mass is 10.0. The lowest BCUT2D eigenvalue weighted by Gasteiger charge is -2.13. The Balaban J connectivity index is 2.28. The van der Waals surface area contributed by atoms with Crippen LogP contribution in [0.1, 0.15) is 17.2 Å². The molecule has 1 N–H and O–H groups in total. The molecule has 0 bridgehead atoms. The number of halogens is 5. The van der Waals surface area contributed by atoms with Gasteiger partial charge in [-0.1, -0.05) is 17.7 Å².